The molecule has 0 spiro atoms. The Morgan fingerprint density at radius 3 is 2.56 bits per heavy atom. The molecule has 27 heavy (non-hydrogen) atoms. The van der Waals surface area contributed by atoms with Crippen molar-refractivity contribution in [3.8, 4) is 11.5 Å². The van der Waals surface area contributed by atoms with Crippen molar-refractivity contribution in [1.82, 2.24) is 0 Å². The number of carbonyl (C=O) groups excluding carboxylic acids is 1. The Hall–Kier alpha value is -1.60. The standard InChI is InChI=1S/C20H25BrO5S/c1-13(20(23)24)9-15(22)19-11-14-10-17(16(25-2)12-18(14)27-19)26-8-6-4-3-5-7-21/h10-13H,3-9H2,1-2H3,(H,23,24). The van der Waals surface area contributed by atoms with E-state index >= 15 is 0 Å². The maximum atomic E-state index is 12.3. The minimum atomic E-state index is -0.960. The summed E-state index contributed by atoms with van der Waals surface area (Å²) < 4.78 is 12.2. The van der Waals surface area contributed by atoms with Crippen LogP contribution in [0, 0.1) is 5.92 Å². The van der Waals surface area contributed by atoms with Crippen LogP contribution in [0.15, 0.2) is 18.2 Å². The highest BCUT2D eigenvalue weighted by molar-refractivity contribution is 9.09. The summed E-state index contributed by atoms with van der Waals surface area (Å²) in [5, 5.41) is 10.9. The topological polar surface area (TPSA) is 72.8 Å². The number of thiophene rings is 1. The minimum absolute atomic E-state index is 0.00293. The van der Waals surface area contributed by atoms with Crippen LogP contribution in [0.25, 0.3) is 10.1 Å². The van der Waals surface area contributed by atoms with Crippen LogP contribution in [-0.4, -0.2) is 35.9 Å². The first-order valence-electron chi connectivity index (χ1n) is 9.02. The van der Waals surface area contributed by atoms with Crippen molar-refractivity contribution in [2.45, 2.75) is 39.0 Å². The Morgan fingerprint density at radius 1 is 1.15 bits per heavy atom. The fraction of sp³-hybridized carbons (Fsp3) is 0.500. The molecule has 5 nitrogen and oxygen atoms in total. The third-order valence-corrected chi connectivity index (χ3v) is 5.98. The zero-order chi connectivity index (χ0) is 19.8. The number of unbranched alkanes of at least 4 members (excludes halogenated alkanes) is 3. The second-order valence-electron chi connectivity index (χ2n) is 6.47. The van der Waals surface area contributed by atoms with Crippen LogP contribution in [0.2, 0.25) is 0 Å². The molecule has 1 N–H and O–H groups in total. The van der Waals surface area contributed by atoms with Crippen molar-refractivity contribution in [3.63, 3.8) is 0 Å². The highest BCUT2D eigenvalue weighted by Crippen LogP contribution is 2.37. The Labute approximate surface area is 171 Å². The van der Waals surface area contributed by atoms with Crippen LogP contribution in [-0.2, 0) is 4.79 Å². The van der Waals surface area contributed by atoms with Gasteiger partial charge < -0.3 is 14.6 Å². The number of methoxy groups -OCH3 is 1. The van der Waals surface area contributed by atoms with Gasteiger partial charge in [0.2, 0.25) is 0 Å². The molecule has 7 heteroatoms. The van der Waals surface area contributed by atoms with Crippen LogP contribution in [0.4, 0.5) is 0 Å². The van der Waals surface area contributed by atoms with Crippen LogP contribution >= 0.6 is 27.3 Å². The molecule has 148 valence electrons. The van der Waals surface area contributed by atoms with Gasteiger partial charge in [-0.3, -0.25) is 9.59 Å². The monoisotopic (exact) mass is 456 g/mol. The number of ether oxygens (including phenoxy) is 2. The van der Waals surface area contributed by atoms with Gasteiger partial charge >= 0.3 is 5.97 Å². The van der Waals surface area contributed by atoms with E-state index in [9.17, 15) is 9.59 Å². The third-order valence-electron chi connectivity index (χ3n) is 4.28. The van der Waals surface area contributed by atoms with Gasteiger partial charge in [-0.25, -0.2) is 0 Å². The normalized spacial score (nSPS) is 12.1. The Bertz CT molecular complexity index is 786. The maximum absolute atomic E-state index is 12.3. The molecule has 1 atom stereocenters. The predicted octanol–water partition coefficient (Wildman–Crippen LogP) is 5.54. The summed E-state index contributed by atoms with van der Waals surface area (Å²) >= 11 is 4.78. The van der Waals surface area contributed by atoms with Crippen LogP contribution in [0.3, 0.4) is 0 Å². The van der Waals surface area contributed by atoms with Gasteiger partial charge in [0.15, 0.2) is 17.3 Å². The fourth-order valence-corrected chi connectivity index (χ4v) is 4.07. The molecule has 0 bridgehead atoms. The van der Waals surface area contributed by atoms with Crippen molar-refractivity contribution < 1.29 is 24.2 Å². The van der Waals surface area contributed by atoms with E-state index in [0.717, 1.165) is 28.3 Å². The number of aliphatic carboxylic acids is 1. The Kier molecular flexibility index (Phi) is 8.57. The number of hydrogen-bond donors (Lipinski definition) is 1. The second-order valence-corrected chi connectivity index (χ2v) is 8.35. The molecule has 0 aliphatic heterocycles. The van der Waals surface area contributed by atoms with E-state index in [1.54, 1.807) is 20.1 Å². The quantitative estimate of drug-likeness (QED) is 0.258. The zero-order valence-electron chi connectivity index (χ0n) is 15.6. The number of hydrogen-bond acceptors (Lipinski definition) is 5. The molecule has 2 rings (SSSR count). The van der Waals surface area contributed by atoms with E-state index < -0.39 is 11.9 Å². The van der Waals surface area contributed by atoms with Crippen LogP contribution < -0.4 is 9.47 Å². The molecule has 1 unspecified atom stereocenters. The van der Waals surface area contributed by atoms with E-state index in [1.807, 2.05) is 12.1 Å². The first-order chi connectivity index (χ1) is 13.0. The molecule has 0 aliphatic carbocycles. The van der Waals surface area contributed by atoms with Gasteiger partial charge in [-0.2, -0.15) is 0 Å². The number of fused-ring (bicyclic) bond motifs is 1. The molecular formula is C20H25BrO5S. The van der Waals surface area contributed by atoms with E-state index in [1.165, 1.54) is 24.2 Å². The Balaban J connectivity index is 2.09. The summed E-state index contributed by atoms with van der Waals surface area (Å²) in [6.45, 7) is 2.16. The van der Waals surface area contributed by atoms with E-state index in [2.05, 4.69) is 15.9 Å². The van der Waals surface area contributed by atoms with Gasteiger partial charge in [-0.15, -0.1) is 11.3 Å². The molecule has 0 fully saturated rings. The SMILES string of the molecule is COc1cc2sc(C(=O)CC(C)C(=O)O)cc2cc1OCCCCCCBr. The zero-order valence-corrected chi connectivity index (χ0v) is 18.0. The summed E-state index contributed by atoms with van der Waals surface area (Å²) in [6, 6.07) is 5.57. The van der Waals surface area contributed by atoms with Gasteiger partial charge in [0, 0.05) is 22.5 Å². The van der Waals surface area contributed by atoms with Crippen molar-refractivity contribution >= 4 is 49.1 Å². The van der Waals surface area contributed by atoms with Crippen molar-refractivity contribution in [2.24, 2.45) is 5.92 Å². The summed E-state index contributed by atoms with van der Waals surface area (Å²) in [4.78, 5) is 23.9. The van der Waals surface area contributed by atoms with E-state index in [4.69, 9.17) is 14.6 Å². The maximum Gasteiger partial charge on any atom is 0.306 e. The molecule has 1 aromatic heterocycles. The molecule has 1 heterocycles. The van der Waals surface area contributed by atoms with Crippen LogP contribution in [0.1, 0.15) is 48.7 Å². The van der Waals surface area contributed by atoms with Gasteiger partial charge in [-0.05, 0) is 30.4 Å². The number of carboxylic acids is 1. The van der Waals surface area contributed by atoms with Crippen molar-refractivity contribution in [1.29, 1.82) is 0 Å². The van der Waals surface area contributed by atoms with Crippen LogP contribution in [0.5, 0.6) is 11.5 Å². The predicted molar refractivity (Wildman–Crippen MR) is 112 cm³/mol. The first kappa shape index (κ1) is 21.7. The summed E-state index contributed by atoms with van der Waals surface area (Å²) in [7, 11) is 1.60. The third kappa shape index (κ3) is 6.21. The number of benzene rings is 1. The highest BCUT2D eigenvalue weighted by atomic mass is 79.9. The van der Waals surface area contributed by atoms with E-state index in [0.29, 0.717) is 23.0 Å². The number of rotatable bonds is 12. The lowest BCUT2D eigenvalue weighted by Crippen LogP contribution is -2.13. The summed E-state index contributed by atoms with van der Waals surface area (Å²) in [5.41, 5.74) is 0. The molecular weight excluding hydrogens is 432 g/mol. The largest absolute Gasteiger partial charge is 0.493 e. The molecule has 0 amide bonds. The molecule has 2 aromatic rings. The molecule has 0 saturated carbocycles. The molecule has 1 aromatic carbocycles. The van der Waals surface area contributed by atoms with Gasteiger partial charge in [-0.1, -0.05) is 35.7 Å². The lowest BCUT2D eigenvalue weighted by atomic mass is 10.0. The summed E-state index contributed by atoms with van der Waals surface area (Å²) in [6.07, 6.45) is 4.44. The number of carbonyl (C=O) groups is 2. The van der Waals surface area contributed by atoms with E-state index in [-0.39, 0.29) is 12.2 Å². The average molecular weight is 457 g/mol. The molecule has 0 aliphatic rings. The number of Topliss-reactive ketones (excluding diaryl/α,β-unsaturated/α-hetero) is 1. The second kappa shape index (κ2) is 10.7. The molecule has 0 radical (unpaired) electrons. The van der Waals surface area contributed by atoms with Crippen molar-refractivity contribution in [3.05, 3.63) is 23.1 Å². The lowest BCUT2D eigenvalue weighted by molar-refractivity contribution is -0.141. The smallest absolute Gasteiger partial charge is 0.306 e. The average Bonchev–Trinajstić information content (AvgIpc) is 3.06. The number of alkyl halides is 1. The molecule has 0 saturated heterocycles. The number of carboxylic acid groups (broad SMARTS) is 1. The summed E-state index contributed by atoms with van der Waals surface area (Å²) in [5.74, 6) is -0.498. The number of ketones is 1. The van der Waals surface area contributed by atoms with Gasteiger partial charge in [0.1, 0.15) is 0 Å². The Morgan fingerprint density at radius 2 is 1.89 bits per heavy atom. The first-order valence-corrected chi connectivity index (χ1v) is 11.0. The van der Waals surface area contributed by atoms with Gasteiger partial charge in [0.05, 0.1) is 24.5 Å². The minimum Gasteiger partial charge on any atom is -0.493 e. The fourth-order valence-electron chi connectivity index (χ4n) is 2.66. The lowest BCUT2D eigenvalue weighted by Gasteiger charge is -2.10. The number of halogens is 1. The van der Waals surface area contributed by atoms with Gasteiger partial charge in [0.25, 0.3) is 0 Å². The van der Waals surface area contributed by atoms with Crippen molar-refractivity contribution in [2.75, 3.05) is 19.0 Å². The highest BCUT2D eigenvalue weighted by Gasteiger charge is 2.19.